The molecule has 0 radical (unpaired) electrons. The van der Waals surface area contributed by atoms with Gasteiger partial charge in [0.1, 0.15) is 0 Å². The number of nitrogens with zero attached hydrogens (tertiary/aromatic N) is 1. The van der Waals surface area contributed by atoms with Crippen LogP contribution in [-0.2, 0) is 4.74 Å². The van der Waals surface area contributed by atoms with Gasteiger partial charge in [-0.05, 0) is 82.2 Å². The van der Waals surface area contributed by atoms with Crippen molar-refractivity contribution in [3.8, 4) is 0 Å². The van der Waals surface area contributed by atoms with Crippen molar-refractivity contribution in [3.05, 3.63) is 29.8 Å². The van der Waals surface area contributed by atoms with Crippen LogP contribution in [0.15, 0.2) is 24.3 Å². The summed E-state index contributed by atoms with van der Waals surface area (Å²) in [5.74, 6) is 0.553. The van der Waals surface area contributed by atoms with Gasteiger partial charge in [0.05, 0.1) is 12.2 Å². The van der Waals surface area contributed by atoms with Crippen LogP contribution in [0.1, 0.15) is 43.5 Å². The maximum absolute atomic E-state index is 11.8. The number of esters is 1. The average molecular weight is 364 g/mol. The van der Waals surface area contributed by atoms with Gasteiger partial charge in [0.2, 0.25) is 0 Å². The molecule has 1 heterocycles. The van der Waals surface area contributed by atoms with E-state index in [2.05, 4.69) is 22.5 Å². The first-order valence-corrected chi connectivity index (χ1v) is 9.53. The standard InChI is InChI=1S/C19H29N3O2S/c1-3-24-18(23)16-6-4-7-17(14-16)21-19(25)20-10-5-11-22-12-8-15(2)9-13-22/h4,6-7,14-15H,3,5,8-13H2,1-2H3,(H2,20,21,25). The molecular weight excluding hydrogens is 334 g/mol. The van der Waals surface area contributed by atoms with E-state index in [1.54, 1.807) is 19.1 Å². The van der Waals surface area contributed by atoms with Gasteiger partial charge in [-0.2, -0.15) is 0 Å². The monoisotopic (exact) mass is 363 g/mol. The van der Waals surface area contributed by atoms with E-state index in [9.17, 15) is 4.79 Å². The molecule has 0 amide bonds. The summed E-state index contributed by atoms with van der Waals surface area (Å²) >= 11 is 5.33. The molecule has 0 aliphatic carbocycles. The Balaban J connectivity index is 1.68. The number of carbonyl (C=O) groups excluding carboxylic acids is 1. The minimum atomic E-state index is -0.319. The fourth-order valence-corrected chi connectivity index (χ4v) is 3.12. The zero-order valence-electron chi connectivity index (χ0n) is 15.2. The Hall–Kier alpha value is -1.66. The quantitative estimate of drug-likeness (QED) is 0.441. The average Bonchev–Trinajstić information content (AvgIpc) is 2.61. The summed E-state index contributed by atoms with van der Waals surface area (Å²) in [4.78, 5) is 14.3. The fraction of sp³-hybridized carbons (Fsp3) is 0.579. The Bertz CT molecular complexity index is 572. The van der Waals surface area contributed by atoms with Gasteiger partial charge in [-0.1, -0.05) is 13.0 Å². The molecule has 6 heteroatoms. The third kappa shape index (κ3) is 7.00. The lowest BCUT2D eigenvalue weighted by molar-refractivity contribution is 0.0526. The number of ether oxygens (including phenoxy) is 1. The zero-order chi connectivity index (χ0) is 18.1. The lowest BCUT2D eigenvalue weighted by Crippen LogP contribution is -2.36. The molecule has 0 saturated carbocycles. The van der Waals surface area contributed by atoms with Crippen molar-refractivity contribution in [2.75, 3.05) is 38.1 Å². The lowest BCUT2D eigenvalue weighted by Gasteiger charge is -2.30. The number of rotatable bonds is 7. The topological polar surface area (TPSA) is 53.6 Å². The van der Waals surface area contributed by atoms with Crippen LogP contribution < -0.4 is 10.6 Å². The molecule has 0 bridgehead atoms. The third-order valence-electron chi connectivity index (χ3n) is 4.44. The Morgan fingerprint density at radius 2 is 2.12 bits per heavy atom. The Labute approximate surface area is 156 Å². The first-order chi connectivity index (χ1) is 12.1. The Morgan fingerprint density at radius 1 is 1.36 bits per heavy atom. The van der Waals surface area contributed by atoms with Gasteiger partial charge in [-0.3, -0.25) is 0 Å². The second-order valence-corrected chi connectivity index (χ2v) is 6.97. The van der Waals surface area contributed by atoms with E-state index < -0.39 is 0 Å². The van der Waals surface area contributed by atoms with Gasteiger partial charge in [-0.15, -0.1) is 0 Å². The molecule has 1 aromatic rings. The molecule has 25 heavy (non-hydrogen) atoms. The Kier molecular flexibility index (Phi) is 8.15. The predicted molar refractivity (Wildman–Crippen MR) is 106 cm³/mol. The molecule has 0 unspecified atom stereocenters. The van der Waals surface area contributed by atoms with Gasteiger partial charge in [0.15, 0.2) is 5.11 Å². The van der Waals surface area contributed by atoms with Crippen LogP contribution in [0.3, 0.4) is 0 Å². The lowest BCUT2D eigenvalue weighted by atomic mass is 9.99. The Morgan fingerprint density at radius 3 is 2.84 bits per heavy atom. The first kappa shape index (κ1) is 19.7. The summed E-state index contributed by atoms with van der Waals surface area (Å²) in [6.07, 6.45) is 3.69. The summed E-state index contributed by atoms with van der Waals surface area (Å²) in [5.41, 5.74) is 1.31. The zero-order valence-corrected chi connectivity index (χ0v) is 16.0. The van der Waals surface area contributed by atoms with Crippen molar-refractivity contribution in [2.45, 2.75) is 33.1 Å². The normalized spacial score (nSPS) is 15.6. The van der Waals surface area contributed by atoms with Crippen LogP contribution in [0.2, 0.25) is 0 Å². The van der Waals surface area contributed by atoms with Gasteiger partial charge in [-0.25, -0.2) is 4.79 Å². The van der Waals surface area contributed by atoms with Gasteiger partial charge < -0.3 is 20.3 Å². The van der Waals surface area contributed by atoms with Crippen LogP contribution in [0.4, 0.5) is 5.69 Å². The van der Waals surface area contributed by atoms with Crippen molar-refractivity contribution in [3.63, 3.8) is 0 Å². The largest absolute Gasteiger partial charge is 0.462 e. The summed E-state index contributed by atoms with van der Waals surface area (Å²) < 4.78 is 5.01. The van der Waals surface area contributed by atoms with Crippen LogP contribution in [0.25, 0.3) is 0 Å². The molecule has 0 spiro atoms. The number of benzene rings is 1. The second-order valence-electron chi connectivity index (χ2n) is 6.56. The molecule has 138 valence electrons. The van der Waals surface area contributed by atoms with E-state index in [0.29, 0.717) is 17.3 Å². The minimum Gasteiger partial charge on any atom is -0.462 e. The van der Waals surface area contributed by atoms with E-state index in [1.165, 1.54) is 25.9 Å². The number of likely N-dealkylation sites (tertiary alicyclic amines) is 1. The van der Waals surface area contributed by atoms with Gasteiger partial charge in [0.25, 0.3) is 0 Å². The molecule has 1 saturated heterocycles. The summed E-state index contributed by atoms with van der Waals surface area (Å²) in [7, 11) is 0. The van der Waals surface area contributed by atoms with Gasteiger partial charge >= 0.3 is 5.97 Å². The third-order valence-corrected chi connectivity index (χ3v) is 4.69. The number of hydrogen-bond donors (Lipinski definition) is 2. The number of carbonyl (C=O) groups is 1. The number of anilines is 1. The van der Waals surface area contributed by atoms with Crippen molar-refractivity contribution in [2.24, 2.45) is 5.92 Å². The van der Waals surface area contributed by atoms with E-state index in [0.717, 1.165) is 31.1 Å². The van der Waals surface area contributed by atoms with Crippen LogP contribution in [0, 0.1) is 5.92 Å². The summed E-state index contributed by atoms with van der Waals surface area (Å²) in [6, 6.07) is 7.18. The van der Waals surface area contributed by atoms with Crippen LogP contribution in [-0.4, -0.2) is 48.8 Å². The molecule has 1 aliphatic rings. The summed E-state index contributed by atoms with van der Waals surface area (Å²) in [6.45, 7) is 8.88. The van der Waals surface area contributed by atoms with E-state index >= 15 is 0 Å². The highest BCUT2D eigenvalue weighted by Crippen LogP contribution is 2.15. The fourth-order valence-electron chi connectivity index (χ4n) is 2.90. The smallest absolute Gasteiger partial charge is 0.338 e. The number of thiocarbonyl (C=S) groups is 1. The van der Waals surface area contributed by atoms with Crippen molar-refractivity contribution < 1.29 is 9.53 Å². The van der Waals surface area contributed by atoms with Crippen LogP contribution >= 0.6 is 12.2 Å². The number of piperidine rings is 1. The van der Waals surface area contributed by atoms with Crippen molar-refractivity contribution >= 4 is 29.0 Å². The molecule has 5 nitrogen and oxygen atoms in total. The molecule has 1 fully saturated rings. The van der Waals surface area contributed by atoms with Crippen LogP contribution in [0.5, 0.6) is 0 Å². The van der Waals surface area contributed by atoms with Crippen molar-refractivity contribution in [1.82, 2.24) is 10.2 Å². The predicted octanol–water partition coefficient (Wildman–Crippen LogP) is 3.27. The number of hydrogen-bond acceptors (Lipinski definition) is 4. The van der Waals surface area contributed by atoms with E-state index in [1.807, 2.05) is 12.1 Å². The first-order valence-electron chi connectivity index (χ1n) is 9.13. The molecule has 1 aliphatic heterocycles. The maximum Gasteiger partial charge on any atom is 0.338 e. The molecule has 0 atom stereocenters. The highest BCUT2D eigenvalue weighted by molar-refractivity contribution is 7.80. The highest BCUT2D eigenvalue weighted by atomic mass is 32.1. The highest BCUT2D eigenvalue weighted by Gasteiger charge is 2.14. The molecule has 0 aromatic heterocycles. The number of nitrogens with one attached hydrogen (secondary N) is 2. The molecule has 1 aromatic carbocycles. The molecule has 2 rings (SSSR count). The SMILES string of the molecule is CCOC(=O)c1cccc(NC(=S)NCCCN2CCC(C)CC2)c1. The molecular formula is C19H29N3O2S. The van der Waals surface area contributed by atoms with E-state index in [-0.39, 0.29) is 5.97 Å². The summed E-state index contributed by atoms with van der Waals surface area (Å²) in [5, 5.41) is 6.93. The second kappa shape index (κ2) is 10.4. The molecule has 2 N–H and O–H groups in total. The van der Waals surface area contributed by atoms with Gasteiger partial charge in [0, 0.05) is 12.2 Å². The minimum absolute atomic E-state index is 0.319. The van der Waals surface area contributed by atoms with Crippen molar-refractivity contribution in [1.29, 1.82) is 0 Å². The maximum atomic E-state index is 11.8. The van der Waals surface area contributed by atoms with E-state index in [4.69, 9.17) is 17.0 Å².